The van der Waals surface area contributed by atoms with E-state index in [2.05, 4.69) is 46.0 Å². The van der Waals surface area contributed by atoms with Gasteiger partial charge in [0, 0.05) is 19.2 Å². The molecule has 0 spiro atoms. The summed E-state index contributed by atoms with van der Waals surface area (Å²) in [6, 6.07) is 6.39. The number of anilines is 1. The summed E-state index contributed by atoms with van der Waals surface area (Å²) in [5, 5.41) is 0.538. The van der Waals surface area contributed by atoms with Crippen molar-refractivity contribution in [1.29, 1.82) is 0 Å². The summed E-state index contributed by atoms with van der Waals surface area (Å²) < 4.78 is 7.92. The van der Waals surface area contributed by atoms with Crippen LogP contribution in [0.1, 0.15) is 0 Å². The predicted molar refractivity (Wildman–Crippen MR) is 95.6 cm³/mol. The molecule has 0 bridgehead atoms. The lowest BCUT2D eigenvalue weighted by atomic mass is 10.2. The Morgan fingerprint density at radius 3 is 2.77 bits per heavy atom. The van der Waals surface area contributed by atoms with Crippen molar-refractivity contribution in [3.8, 4) is 0 Å². The lowest BCUT2D eigenvalue weighted by Crippen LogP contribution is -2.29. The van der Waals surface area contributed by atoms with Crippen LogP contribution >= 0.6 is 15.9 Å². The van der Waals surface area contributed by atoms with Crippen molar-refractivity contribution in [2.45, 2.75) is 32.4 Å². The Morgan fingerprint density at radius 2 is 2.14 bits per heavy atom. The molecular formula is C14H21BrN4O2Si. The molecule has 3 N–H and O–H groups in total. The van der Waals surface area contributed by atoms with E-state index >= 15 is 0 Å². The van der Waals surface area contributed by atoms with E-state index in [1.807, 2.05) is 6.07 Å². The Hall–Kier alpha value is -1.22. The molecule has 120 valence electrons. The fraction of sp³-hybridized carbons (Fsp3) is 0.429. The van der Waals surface area contributed by atoms with E-state index in [1.165, 1.54) is 4.57 Å². The summed E-state index contributed by atoms with van der Waals surface area (Å²) in [6.45, 7) is 7.62. The average Bonchev–Trinajstić information content (AvgIpc) is 2.43. The molecule has 0 saturated heterocycles. The maximum absolute atomic E-state index is 12.6. The number of hydrogen-bond donors (Lipinski definition) is 2. The molecule has 2 rings (SSSR count). The minimum Gasteiger partial charge on any atom is -0.361 e. The number of rotatable bonds is 6. The molecule has 0 radical (unpaired) electrons. The van der Waals surface area contributed by atoms with Gasteiger partial charge < -0.3 is 4.74 Å². The molecule has 1 aromatic carbocycles. The molecule has 8 heteroatoms. The molecule has 1 heterocycles. The van der Waals surface area contributed by atoms with Crippen molar-refractivity contribution in [1.82, 2.24) is 9.55 Å². The maximum atomic E-state index is 12.6. The van der Waals surface area contributed by atoms with Crippen LogP contribution in [-0.4, -0.2) is 24.2 Å². The SMILES string of the molecule is C[Si](C)(C)CCOCn1c(NN)nc2cc(Br)ccc2c1=O. The number of nitrogens with one attached hydrogen (secondary N) is 1. The monoisotopic (exact) mass is 384 g/mol. The second-order valence-corrected chi connectivity index (χ2v) is 12.9. The van der Waals surface area contributed by atoms with Gasteiger partial charge >= 0.3 is 0 Å². The van der Waals surface area contributed by atoms with E-state index in [1.54, 1.807) is 12.1 Å². The molecule has 0 atom stereocenters. The fourth-order valence-electron chi connectivity index (χ4n) is 1.96. The largest absolute Gasteiger partial charge is 0.361 e. The van der Waals surface area contributed by atoms with Gasteiger partial charge in [0.1, 0.15) is 6.73 Å². The smallest absolute Gasteiger partial charge is 0.264 e. The molecular weight excluding hydrogens is 364 g/mol. The Kier molecular flexibility index (Phi) is 5.38. The zero-order valence-corrected chi connectivity index (χ0v) is 15.6. The van der Waals surface area contributed by atoms with Crippen LogP contribution in [0, 0.1) is 0 Å². The third-order valence-corrected chi connectivity index (χ3v) is 5.46. The van der Waals surface area contributed by atoms with Gasteiger partial charge in [0.15, 0.2) is 0 Å². The number of benzene rings is 1. The maximum Gasteiger partial charge on any atom is 0.264 e. The highest BCUT2D eigenvalue weighted by Gasteiger charge is 2.14. The molecule has 22 heavy (non-hydrogen) atoms. The zero-order chi connectivity index (χ0) is 16.3. The van der Waals surface area contributed by atoms with Crippen molar-refractivity contribution >= 4 is 40.9 Å². The fourth-order valence-corrected chi connectivity index (χ4v) is 3.06. The molecule has 0 aliphatic rings. The van der Waals surface area contributed by atoms with Gasteiger partial charge in [0.05, 0.1) is 10.9 Å². The first kappa shape index (κ1) is 17.1. The number of halogens is 1. The van der Waals surface area contributed by atoms with Crippen molar-refractivity contribution in [2.24, 2.45) is 5.84 Å². The number of nitrogens with two attached hydrogens (primary N) is 1. The van der Waals surface area contributed by atoms with Gasteiger partial charge in [-0.3, -0.25) is 14.8 Å². The number of fused-ring (bicyclic) bond motifs is 1. The Morgan fingerprint density at radius 1 is 1.41 bits per heavy atom. The Balaban J connectivity index is 2.27. The predicted octanol–water partition coefficient (Wildman–Crippen LogP) is 2.76. The van der Waals surface area contributed by atoms with Gasteiger partial charge in [-0.25, -0.2) is 10.8 Å². The van der Waals surface area contributed by atoms with Gasteiger partial charge in [0.2, 0.25) is 5.95 Å². The minimum absolute atomic E-state index is 0.141. The van der Waals surface area contributed by atoms with Crippen LogP contribution in [0.2, 0.25) is 25.7 Å². The second kappa shape index (κ2) is 6.91. The second-order valence-electron chi connectivity index (χ2n) is 6.32. The van der Waals surface area contributed by atoms with Gasteiger partial charge in [0.25, 0.3) is 5.56 Å². The Labute approximate surface area is 138 Å². The first-order valence-corrected chi connectivity index (χ1v) is 11.6. The van der Waals surface area contributed by atoms with Crippen molar-refractivity contribution in [2.75, 3.05) is 12.0 Å². The van der Waals surface area contributed by atoms with E-state index in [0.717, 1.165) is 10.5 Å². The summed E-state index contributed by atoms with van der Waals surface area (Å²) in [4.78, 5) is 16.9. The van der Waals surface area contributed by atoms with Gasteiger partial charge in [-0.15, -0.1) is 0 Å². The number of aromatic nitrogens is 2. The van der Waals surface area contributed by atoms with Crippen LogP contribution in [0.4, 0.5) is 5.95 Å². The lowest BCUT2D eigenvalue weighted by Gasteiger charge is -2.17. The number of nitrogens with zero attached hydrogens (tertiary/aromatic N) is 2. The van der Waals surface area contributed by atoms with E-state index in [-0.39, 0.29) is 12.3 Å². The standard InChI is InChI=1S/C14H21BrN4O2Si/c1-22(2,3)7-6-21-9-19-13(20)11-5-4-10(15)8-12(11)17-14(19)18-16/h4-5,8H,6-7,9,16H2,1-3H3,(H,17,18). The summed E-state index contributed by atoms with van der Waals surface area (Å²) in [5.74, 6) is 5.78. The first-order valence-electron chi connectivity index (χ1n) is 7.06. The van der Waals surface area contributed by atoms with Gasteiger partial charge in [-0.1, -0.05) is 35.6 Å². The molecule has 0 aliphatic carbocycles. The molecule has 0 aliphatic heterocycles. The molecule has 6 nitrogen and oxygen atoms in total. The van der Waals surface area contributed by atoms with Gasteiger partial charge in [-0.2, -0.15) is 0 Å². The van der Waals surface area contributed by atoms with Crippen molar-refractivity contribution < 1.29 is 4.74 Å². The normalized spacial score (nSPS) is 11.9. The number of nitrogen functional groups attached to an aromatic ring is 1. The first-order chi connectivity index (χ1) is 10.3. The van der Waals surface area contributed by atoms with E-state index in [9.17, 15) is 4.79 Å². The van der Waals surface area contributed by atoms with Crippen LogP contribution in [0.15, 0.2) is 27.5 Å². The van der Waals surface area contributed by atoms with Gasteiger partial charge in [-0.05, 0) is 24.2 Å². The van der Waals surface area contributed by atoms with E-state index in [0.29, 0.717) is 23.5 Å². The van der Waals surface area contributed by atoms with Crippen molar-refractivity contribution in [3.63, 3.8) is 0 Å². The number of hydrogen-bond acceptors (Lipinski definition) is 5. The summed E-state index contributed by atoms with van der Waals surface area (Å²) >= 11 is 3.37. The molecule has 0 amide bonds. The quantitative estimate of drug-likeness (QED) is 0.346. The summed E-state index contributed by atoms with van der Waals surface area (Å²) in [5.41, 5.74) is 2.89. The lowest BCUT2D eigenvalue weighted by molar-refractivity contribution is 0.0859. The highest BCUT2D eigenvalue weighted by atomic mass is 79.9. The Bertz CT molecular complexity index is 727. The third kappa shape index (κ3) is 4.16. The highest BCUT2D eigenvalue weighted by molar-refractivity contribution is 9.10. The molecule has 0 fully saturated rings. The minimum atomic E-state index is -1.15. The summed E-state index contributed by atoms with van der Waals surface area (Å²) in [7, 11) is -1.15. The average molecular weight is 385 g/mol. The van der Waals surface area contributed by atoms with E-state index in [4.69, 9.17) is 10.6 Å². The molecule has 1 aromatic heterocycles. The highest BCUT2D eigenvalue weighted by Crippen LogP contribution is 2.17. The van der Waals surface area contributed by atoms with Crippen LogP contribution in [0.5, 0.6) is 0 Å². The van der Waals surface area contributed by atoms with Crippen LogP contribution < -0.4 is 16.8 Å². The molecule has 2 aromatic rings. The topological polar surface area (TPSA) is 82.2 Å². The van der Waals surface area contributed by atoms with Crippen LogP contribution in [0.25, 0.3) is 10.9 Å². The van der Waals surface area contributed by atoms with Crippen LogP contribution in [-0.2, 0) is 11.5 Å². The van der Waals surface area contributed by atoms with Crippen LogP contribution in [0.3, 0.4) is 0 Å². The molecule has 0 unspecified atom stereocenters. The third-order valence-electron chi connectivity index (χ3n) is 3.26. The number of ether oxygens (including phenoxy) is 1. The summed E-state index contributed by atoms with van der Waals surface area (Å²) in [6.07, 6.45) is 0. The van der Waals surface area contributed by atoms with E-state index < -0.39 is 8.07 Å². The zero-order valence-electron chi connectivity index (χ0n) is 13.0. The number of hydrazine groups is 1. The van der Waals surface area contributed by atoms with Crippen molar-refractivity contribution in [3.05, 3.63) is 33.0 Å². The molecule has 0 saturated carbocycles.